The second kappa shape index (κ2) is 5.35. The minimum atomic E-state index is 0.531. The molecule has 0 aliphatic carbocycles. The first-order chi connectivity index (χ1) is 7.81. The van der Waals surface area contributed by atoms with Gasteiger partial charge in [-0.05, 0) is 55.8 Å². The standard InChI is InChI=1S/C14H21NO/c1-2-12-4-3-5-13(14(12)16)10-11-6-8-15-9-7-11/h3-5,11,15-16H,2,6-10H2,1H3. The van der Waals surface area contributed by atoms with Crippen LogP contribution < -0.4 is 5.32 Å². The predicted octanol–water partition coefficient (Wildman–Crippen LogP) is 2.50. The van der Waals surface area contributed by atoms with Crippen LogP contribution in [0.3, 0.4) is 0 Å². The van der Waals surface area contributed by atoms with E-state index in [-0.39, 0.29) is 0 Å². The van der Waals surface area contributed by atoms with Crippen molar-refractivity contribution in [1.29, 1.82) is 0 Å². The topological polar surface area (TPSA) is 32.3 Å². The van der Waals surface area contributed by atoms with Gasteiger partial charge in [-0.15, -0.1) is 0 Å². The Hall–Kier alpha value is -1.02. The van der Waals surface area contributed by atoms with Gasteiger partial charge in [0, 0.05) is 0 Å². The van der Waals surface area contributed by atoms with Crippen LogP contribution in [0.5, 0.6) is 5.75 Å². The lowest BCUT2D eigenvalue weighted by atomic mass is 9.90. The molecule has 2 N–H and O–H groups in total. The Morgan fingerprint density at radius 2 is 1.94 bits per heavy atom. The van der Waals surface area contributed by atoms with Crippen LogP contribution in [-0.2, 0) is 12.8 Å². The number of aromatic hydroxyl groups is 1. The van der Waals surface area contributed by atoms with Gasteiger partial charge in [0.1, 0.15) is 5.75 Å². The normalized spacial score (nSPS) is 17.6. The van der Waals surface area contributed by atoms with Gasteiger partial charge in [0.05, 0.1) is 0 Å². The van der Waals surface area contributed by atoms with Gasteiger partial charge in [0.15, 0.2) is 0 Å². The zero-order chi connectivity index (χ0) is 11.4. The highest BCUT2D eigenvalue weighted by molar-refractivity contribution is 5.40. The molecule has 1 aliphatic rings. The first kappa shape index (κ1) is 11.5. The Bertz CT molecular complexity index is 343. The number of nitrogens with one attached hydrogen (secondary N) is 1. The molecule has 0 saturated carbocycles. The smallest absolute Gasteiger partial charge is 0.121 e. The lowest BCUT2D eigenvalue weighted by molar-refractivity contribution is 0.366. The molecule has 2 nitrogen and oxygen atoms in total. The first-order valence-electron chi connectivity index (χ1n) is 6.31. The van der Waals surface area contributed by atoms with E-state index < -0.39 is 0 Å². The highest BCUT2D eigenvalue weighted by atomic mass is 16.3. The minimum absolute atomic E-state index is 0.531. The monoisotopic (exact) mass is 219 g/mol. The molecular weight excluding hydrogens is 198 g/mol. The van der Waals surface area contributed by atoms with Crippen LogP contribution in [0.4, 0.5) is 0 Å². The molecule has 1 aliphatic heterocycles. The predicted molar refractivity (Wildman–Crippen MR) is 66.8 cm³/mol. The largest absolute Gasteiger partial charge is 0.507 e. The molecule has 1 saturated heterocycles. The number of piperidine rings is 1. The molecule has 1 fully saturated rings. The van der Waals surface area contributed by atoms with Crippen molar-refractivity contribution in [3.8, 4) is 5.75 Å². The molecule has 1 heterocycles. The summed E-state index contributed by atoms with van der Waals surface area (Å²) in [5, 5.41) is 13.5. The second-order valence-corrected chi connectivity index (χ2v) is 4.68. The van der Waals surface area contributed by atoms with Gasteiger partial charge in [-0.1, -0.05) is 25.1 Å². The summed E-state index contributed by atoms with van der Waals surface area (Å²) in [5.41, 5.74) is 2.21. The van der Waals surface area contributed by atoms with Crippen molar-refractivity contribution < 1.29 is 5.11 Å². The lowest BCUT2D eigenvalue weighted by Gasteiger charge is -2.23. The van der Waals surface area contributed by atoms with Crippen LogP contribution >= 0.6 is 0 Å². The van der Waals surface area contributed by atoms with Crippen LogP contribution in [0.15, 0.2) is 18.2 Å². The Morgan fingerprint density at radius 3 is 2.62 bits per heavy atom. The van der Waals surface area contributed by atoms with E-state index in [2.05, 4.69) is 24.4 Å². The molecule has 2 heteroatoms. The van der Waals surface area contributed by atoms with Gasteiger partial charge < -0.3 is 10.4 Å². The average molecular weight is 219 g/mol. The van der Waals surface area contributed by atoms with Crippen molar-refractivity contribution in [3.05, 3.63) is 29.3 Å². The molecule has 1 aromatic carbocycles. The molecule has 0 amide bonds. The Labute approximate surface area is 97.7 Å². The van der Waals surface area contributed by atoms with Gasteiger partial charge >= 0.3 is 0 Å². The summed E-state index contributed by atoms with van der Waals surface area (Å²) >= 11 is 0. The van der Waals surface area contributed by atoms with E-state index >= 15 is 0 Å². The maximum Gasteiger partial charge on any atom is 0.121 e. The summed E-state index contributed by atoms with van der Waals surface area (Å²) in [6.07, 6.45) is 4.40. The third kappa shape index (κ3) is 2.56. The summed E-state index contributed by atoms with van der Waals surface area (Å²) in [7, 11) is 0. The zero-order valence-corrected chi connectivity index (χ0v) is 10.00. The number of para-hydroxylation sites is 1. The fourth-order valence-corrected chi connectivity index (χ4v) is 2.49. The van der Waals surface area contributed by atoms with Crippen LogP contribution in [0, 0.1) is 5.92 Å². The quantitative estimate of drug-likeness (QED) is 0.818. The van der Waals surface area contributed by atoms with Gasteiger partial charge in [-0.2, -0.15) is 0 Å². The second-order valence-electron chi connectivity index (χ2n) is 4.68. The van der Waals surface area contributed by atoms with E-state index in [0.717, 1.165) is 43.0 Å². The Morgan fingerprint density at radius 1 is 1.25 bits per heavy atom. The third-order valence-electron chi connectivity index (χ3n) is 3.55. The summed E-state index contributed by atoms with van der Waals surface area (Å²) in [4.78, 5) is 0. The summed E-state index contributed by atoms with van der Waals surface area (Å²) in [6, 6.07) is 6.15. The van der Waals surface area contributed by atoms with Crippen molar-refractivity contribution in [1.82, 2.24) is 5.32 Å². The van der Waals surface area contributed by atoms with E-state index in [1.807, 2.05) is 6.07 Å². The average Bonchev–Trinajstić information content (AvgIpc) is 2.33. The highest BCUT2D eigenvalue weighted by Gasteiger charge is 2.15. The number of hydrogen-bond acceptors (Lipinski definition) is 2. The minimum Gasteiger partial charge on any atom is -0.507 e. The van der Waals surface area contributed by atoms with Crippen LogP contribution in [0.1, 0.15) is 30.9 Å². The molecule has 16 heavy (non-hydrogen) atoms. The molecular formula is C14H21NO. The number of phenols is 1. The number of aryl methyl sites for hydroxylation is 1. The third-order valence-corrected chi connectivity index (χ3v) is 3.55. The first-order valence-corrected chi connectivity index (χ1v) is 6.31. The summed E-state index contributed by atoms with van der Waals surface area (Å²) in [5.74, 6) is 1.27. The van der Waals surface area contributed by atoms with Crippen molar-refractivity contribution in [3.63, 3.8) is 0 Å². The molecule has 0 atom stereocenters. The zero-order valence-electron chi connectivity index (χ0n) is 10.00. The number of benzene rings is 1. The maximum atomic E-state index is 10.1. The molecule has 0 aromatic heterocycles. The molecule has 0 unspecified atom stereocenters. The van der Waals surface area contributed by atoms with Crippen LogP contribution in [0.2, 0.25) is 0 Å². The van der Waals surface area contributed by atoms with Gasteiger partial charge in [-0.3, -0.25) is 0 Å². The van der Waals surface area contributed by atoms with Gasteiger partial charge in [0.2, 0.25) is 0 Å². The van der Waals surface area contributed by atoms with E-state index in [1.54, 1.807) is 0 Å². The van der Waals surface area contributed by atoms with E-state index in [1.165, 1.54) is 12.8 Å². The molecule has 1 aromatic rings. The number of phenolic OH excluding ortho intramolecular Hbond substituents is 1. The van der Waals surface area contributed by atoms with Crippen LogP contribution in [0.25, 0.3) is 0 Å². The maximum absolute atomic E-state index is 10.1. The highest BCUT2D eigenvalue weighted by Crippen LogP contribution is 2.27. The molecule has 2 rings (SSSR count). The van der Waals surface area contributed by atoms with Crippen molar-refractivity contribution in [2.75, 3.05) is 13.1 Å². The van der Waals surface area contributed by atoms with E-state index in [9.17, 15) is 5.11 Å². The summed E-state index contributed by atoms with van der Waals surface area (Å²) in [6.45, 7) is 4.33. The van der Waals surface area contributed by atoms with Crippen molar-refractivity contribution in [2.24, 2.45) is 5.92 Å². The number of rotatable bonds is 3. The number of hydrogen-bond donors (Lipinski definition) is 2. The SMILES string of the molecule is CCc1cccc(CC2CCNCC2)c1O. The van der Waals surface area contributed by atoms with Gasteiger partial charge in [0.25, 0.3) is 0 Å². The molecule has 0 bridgehead atoms. The summed E-state index contributed by atoms with van der Waals surface area (Å²) < 4.78 is 0. The molecule has 0 spiro atoms. The molecule has 88 valence electrons. The Balaban J connectivity index is 2.08. The fraction of sp³-hybridized carbons (Fsp3) is 0.571. The van der Waals surface area contributed by atoms with E-state index in [4.69, 9.17) is 0 Å². The fourth-order valence-electron chi connectivity index (χ4n) is 2.49. The lowest BCUT2D eigenvalue weighted by Crippen LogP contribution is -2.28. The van der Waals surface area contributed by atoms with Crippen LogP contribution in [-0.4, -0.2) is 18.2 Å². The van der Waals surface area contributed by atoms with Crippen molar-refractivity contribution in [2.45, 2.75) is 32.6 Å². The van der Waals surface area contributed by atoms with Gasteiger partial charge in [-0.25, -0.2) is 0 Å². The van der Waals surface area contributed by atoms with E-state index in [0.29, 0.717) is 5.75 Å². The van der Waals surface area contributed by atoms with Crippen molar-refractivity contribution >= 4 is 0 Å². The Kier molecular flexibility index (Phi) is 3.83. The molecule has 0 radical (unpaired) electrons.